The first-order valence-electron chi connectivity index (χ1n) is 3.45. The Hall–Kier alpha value is 0.610. The van der Waals surface area contributed by atoms with Crippen molar-refractivity contribution in [1.82, 2.24) is 3.11 Å². The zero-order valence-corrected chi connectivity index (χ0v) is 8.15. The molecular formula is C6H13IN2O. The largest absolute Gasteiger partial charge is 0.391 e. The van der Waals surface area contributed by atoms with Gasteiger partial charge in [0.25, 0.3) is 0 Å². The summed E-state index contributed by atoms with van der Waals surface area (Å²) in [4.78, 5) is 0. The molecular weight excluding hydrogens is 243 g/mol. The summed E-state index contributed by atoms with van der Waals surface area (Å²) < 4.78 is 2.12. The van der Waals surface area contributed by atoms with Gasteiger partial charge in [-0.15, -0.1) is 0 Å². The van der Waals surface area contributed by atoms with Gasteiger partial charge in [0.1, 0.15) is 0 Å². The van der Waals surface area contributed by atoms with Crippen molar-refractivity contribution >= 4 is 22.9 Å². The van der Waals surface area contributed by atoms with Gasteiger partial charge < -0.3 is 10.8 Å². The summed E-state index contributed by atoms with van der Waals surface area (Å²) in [6.45, 7) is 3.76. The molecule has 0 amide bonds. The van der Waals surface area contributed by atoms with E-state index in [9.17, 15) is 5.11 Å². The fraction of sp³-hybridized carbons (Fsp3) is 1.00. The molecule has 3 atom stereocenters. The lowest BCUT2D eigenvalue weighted by molar-refractivity contribution is 0.0515. The summed E-state index contributed by atoms with van der Waals surface area (Å²) in [5, 5.41) is 9.41. The lowest BCUT2D eigenvalue weighted by Crippen LogP contribution is -2.52. The first-order valence-corrected chi connectivity index (χ1v) is 4.42. The lowest BCUT2D eigenvalue weighted by atomic mass is 9.95. The minimum atomic E-state index is -0.314. The van der Waals surface area contributed by atoms with Crippen molar-refractivity contribution in [3.8, 4) is 0 Å². The van der Waals surface area contributed by atoms with E-state index in [1.165, 1.54) is 0 Å². The Bertz CT molecular complexity index is 110. The van der Waals surface area contributed by atoms with Gasteiger partial charge in [-0.1, -0.05) is 6.92 Å². The molecule has 60 valence electrons. The van der Waals surface area contributed by atoms with Gasteiger partial charge in [-0.3, -0.25) is 0 Å². The van der Waals surface area contributed by atoms with E-state index in [1.54, 1.807) is 0 Å². The van der Waals surface area contributed by atoms with Crippen molar-refractivity contribution in [2.24, 2.45) is 11.7 Å². The first-order chi connectivity index (χ1) is 4.61. The SMILES string of the molecule is CC1CN(I)CC(N)C1O. The third kappa shape index (κ3) is 1.81. The van der Waals surface area contributed by atoms with E-state index in [4.69, 9.17) is 5.73 Å². The molecule has 0 bridgehead atoms. The third-order valence-corrected chi connectivity index (χ3v) is 2.70. The van der Waals surface area contributed by atoms with Gasteiger partial charge in [0.05, 0.1) is 6.10 Å². The molecule has 0 aromatic rings. The van der Waals surface area contributed by atoms with Gasteiger partial charge in [-0.25, -0.2) is 3.11 Å². The molecule has 3 unspecified atom stereocenters. The van der Waals surface area contributed by atoms with E-state index in [-0.39, 0.29) is 12.1 Å². The molecule has 1 heterocycles. The number of piperidine rings is 1. The van der Waals surface area contributed by atoms with Crippen LogP contribution in [0.3, 0.4) is 0 Å². The minimum absolute atomic E-state index is 0.0688. The summed E-state index contributed by atoms with van der Waals surface area (Å²) >= 11 is 2.24. The number of aliphatic hydroxyl groups excluding tert-OH is 1. The smallest absolute Gasteiger partial charge is 0.0741 e. The van der Waals surface area contributed by atoms with E-state index in [2.05, 4.69) is 26.0 Å². The highest BCUT2D eigenvalue weighted by Crippen LogP contribution is 2.18. The Morgan fingerprint density at radius 2 is 2.20 bits per heavy atom. The number of nitrogens with zero attached hydrogens (tertiary/aromatic N) is 1. The molecule has 3 N–H and O–H groups in total. The average molecular weight is 256 g/mol. The number of nitrogens with two attached hydrogens (primary N) is 1. The van der Waals surface area contributed by atoms with Crippen molar-refractivity contribution in [1.29, 1.82) is 0 Å². The molecule has 10 heavy (non-hydrogen) atoms. The summed E-state index contributed by atoms with van der Waals surface area (Å²) in [6, 6.07) is -0.0688. The Labute approximate surface area is 75.1 Å². The number of halogens is 1. The van der Waals surface area contributed by atoms with E-state index < -0.39 is 0 Å². The maximum atomic E-state index is 9.41. The predicted molar refractivity (Wildman–Crippen MR) is 48.7 cm³/mol. The van der Waals surface area contributed by atoms with E-state index in [1.807, 2.05) is 6.92 Å². The van der Waals surface area contributed by atoms with Gasteiger partial charge in [-0.05, 0) is 5.92 Å². The summed E-state index contributed by atoms with van der Waals surface area (Å²) in [7, 11) is 0. The normalized spacial score (nSPS) is 43.8. The lowest BCUT2D eigenvalue weighted by Gasteiger charge is -2.34. The molecule has 0 saturated carbocycles. The first kappa shape index (κ1) is 8.70. The van der Waals surface area contributed by atoms with Crippen molar-refractivity contribution in [3.63, 3.8) is 0 Å². The molecule has 0 radical (unpaired) electrons. The predicted octanol–water partition coefficient (Wildman–Crippen LogP) is -0.0237. The average Bonchev–Trinajstić information content (AvgIpc) is 1.82. The summed E-state index contributed by atoms with van der Waals surface area (Å²) in [5.41, 5.74) is 5.66. The molecule has 1 rings (SSSR count). The topological polar surface area (TPSA) is 49.5 Å². The Kier molecular flexibility index (Phi) is 2.91. The number of rotatable bonds is 0. The molecule has 1 fully saturated rings. The summed E-state index contributed by atoms with van der Waals surface area (Å²) in [5.74, 6) is 0.306. The van der Waals surface area contributed by atoms with Gasteiger partial charge in [0.15, 0.2) is 0 Å². The van der Waals surface area contributed by atoms with E-state index in [0.29, 0.717) is 5.92 Å². The van der Waals surface area contributed by atoms with Crippen LogP contribution in [0.1, 0.15) is 6.92 Å². The van der Waals surface area contributed by atoms with Crippen molar-refractivity contribution in [2.45, 2.75) is 19.1 Å². The van der Waals surface area contributed by atoms with Gasteiger partial charge in [0, 0.05) is 42.0 Å². The van der Waals surface area contributed by atoms with Crippen molar-refractivity contribution in [2.75, 3.05) is 13.1 Å². The van der Waals surface area contributed by atoms with Crippen LogP contribution in [0, 0.1) is 5.92 Å². The van der Waals surface area contributed by atoms with Crippen molar-refractivity contribution in [3.05, 3.63) is 0 Å². The fourth-order valence-electron chi connectivity index (χ4n) is 1.25. The zero-order valence-electron chi connectivity index (χ0n) is 6.00. The molecule has 4 heteroatoms. The zero-order chi connectivity index (χ0) is 7.72. The van der Waals surface area contributed by atoms with E-state index >= 15 is 0 Å². The van der Waals surface area contributed by atoms with Crippen LogP contribution in [0.25, 0.3) is 0 Å². The molecule has 0 aromatic heterocycles. The standard InChI is InChI=1S/C6H13IN2O/c1-4-2-9(7)3-5(8)6(4)10/h4-6,10H,2-3,8H2,1H3. The van der Waals surface area contributed by atoms with E-state index in [0.717, 1.165) is 13.1 Å². The number of aliphatic hydroxyl groups is 1. The Balaban J connectivity index is 2.49. The molecule has 1 saturated heterocycles. The molecule has 0 aliphatic carbocycles. The van der Waals surface area contributed by atoms with Crippen LogP contribution in [0.15, 0.2) is 0 Å². The fourth-order valence-corrected chi connectivity index (χ4v) is 2.33. The van der Waals surface area contributed by atoms with Crippen LogP contribution in [0.4, 0.5) is 0 Å². The third-order valence-electron chi connectivity index (χ3n) is 1.92. The molecule has 1 aliphatic rings. The second-order valence-corrected chi connectivity index (χ2v) is 4.32. The van der Waals surface area contributed by atoms with Gasteiger partial charge >= 0.3 is 0 Å². The molecule has 0 aromatic carbocycles. The molecule has 1 aliphatic heterocycles. The van der Waals surface area contributed by atoms with Crippen LogP contribution in [0.5, 0.6) is 0 Å². The highest BCUT2D eigenvalue weighted by atomic mass is 127. The maximum absolute atomic E-state index is 9.41. The summed E-state index contributed by atoms with van der Waals surface area (Å²) in [6.07, 6.45) is -0.314. The quantitative estimate of drug-likeness (QED) is 0.473. The molecule has 3 nitrogen and oxygen atoms in total. The van der Waals surface area contributed by atoms with Crippen molar-refractivity contribution < 1.29 is 5.11 Å². The van der Waals surface area contributed by atoms with Crippen LogP contribution in [0.2, 0.25) is 0 Å². The van der Waals surface area contributed by atoms with Crippen LogP contribution < -0.4 is 5.73 Å². The minimum Gasteiger partial charge on any atom is -0.391 e. The van der Waals surface area contributed by atoms with Gasteiger partial charge in [-0.2, -0.15) is 0 Å². The molecule has 0 spiro atoms. The highest BCUT2D eigenvalue weighted by Gasteiger charge is 2.29. The Morgan fingerprint density at radius 1 is 1.60 bits per heavy atom. The van der Waals surface area contributed by atoms with Crippen LogP contribution in [-0.4, -0.2) is 33.5 Å². The number of hydrogen-bond acceptors (Lipinski definition) is 3. The Morgan fingerprint density at radius 3 is 2.70 bits per heavy atom. The second kappa shape index (κ2) is 3.34. The van der Waals surface area contributed by atoms with Gasteiger partial charge in [0.2, 0.25) is 0 Å². The van der Waals surface area contributed by atoms with Crippen LogP contribution in [-0.2, 0) is 0 Å². The second-order valence-electron chi connectivity index (χ2n) is 2.96. The van der Waals surface area contributed by atoms with Crippen LogP contribution >= 0.6 is 22.9 Å². The number of hydrogen-bond donors (Lipinski definition) is 2. The highest BCUT2D eigenvalue weighted by molar-refractivity contribution is 14.1. The maximum Gasteiger partial charge on any atom is 0.0741 e. The monoisotopic (exact) mass is 256 g/mol.